The number of rotatable bonds is 7. The second-order valence-corrected chi connectivity index (χ2v) is 5.58. The van der Waals surface area contributed by atoms with Crippen LogP contribution in [0.4, 0.5) is 0 Å². The highest BCUT2D eigenvalue weighted by Gasteiger charge is 2.19. The van der Waals surface area contributed by atoms with E-state index in [0.29, 0.717) is 6.04 Å². The van der Waals surface area contributed by atoms with E-state index in [0.717, 1.165) is 6.04 Å². The molecular formula is C14H31N3. The normalized spacial score (nSPS) is 22.6. The molecule has 1 heterocycles. The van der Waals surface area contributed by atoms with Crippen molar-refractivity contribution >= 4 is 0 Å². The lowest BCUT2D eigenvalue weighted by atomic mass is 10.1. The predicted molar refractivity (Wildman–Crippen MR) is 75.5 cm³/mol. The highest BCUT2D eigenvalue weighted by Crippen LogP contribution is 2.08. The fraction of sp³-hybridized carbons (Fsp3) is 1.00. The molecule has 0 spiro atoms. The van der Waals surface area contributed by atoms with Gasteiger partial charge < -0.3 is 10.2 Å². The van der Waals surface area contributed by atoms with Crippen LogP contribution in [0.15, 0.2) is 0 Å². The van der Waals surface area contributed by atoms with Gasteiger partial charge in [-0.3, -0.25) is 4.90 Å². The molecule has 1 fully saturated rings. The Morgan fingerprint density at radius 1 is 1.35 bits per heavy atom. The van der Waals surface area contributed by atoms with E-state index in [4.69, 9.17) is 0 Å². The number of hydrogen-bond acceptors (Lipinski definition) is 3. The average Bonchev–Trinajstić information content (AvgIpc) is 2.34. The Morgan fingerprint density at radius 3 is 2.76 bits per heavy atom. The molecule has 0 bridgehead atoms. The molecule has 1 N–H and O–H groups in total. The van der Waals surface area contributed by atoms with Crippen LogP contribution in [0.2, 0.25) is 0 Å². The first kappa shape index (κ1) is 14.9. The van der Waals surface area contributed by atoms with Crippen molar-refractivity contribution in [3.63, 3.8) is 0 Å². The van der Waals surface area contributed by atoms with Crippen molar-refractivity contribution in [1.29, 1.82) is 0 Å². The molecule has 0 aromatic rings. The summed E-state index contributed by atoms with van der Waals surface area (Å²) in [5.41, 5.74) is 0. The minimum Gasteiger partial charge on any atom is -0.314 e. The number of piperazine rings is 1. The summed E-state index contributed by atoms with van der Waals surface area (Å²) in [5.74, 6) is 0. The van der Waals surface area contributed by atoms with Gasteiger partial charge in [-0.25, -0.2) is 0 Å². The third kappa shape index (κ3) is 5.36. The van der Waals surface area contributed by atoms with Gasteiger partial charge >= 0.3 is 0 Å². The van der Waals surface area contributed by atoms with Crippen molar-refractivity contribution in [3.05, 3.63) is 0 Å². The standard InChI is InChI=1S/C14H31N3/c1-5-14-12-15-8-11-17(14)10-7-6-9-16(4)13(2)3/h13-15H,5-12H2,1-4H3. The van der Waals surface area contributed by atoms with E-state index in [9.17, 15) is 0 Å². The van der Waals surface area contributed by atoms with Gasteiger partial charge in [-0.15, -0.1) is 0 Å². The van der Waals surface area contributed by atoms with E-state index in [1.807, 2.05) is 0 Å². The molecule has 17 heavy (non-hydrogen) atoms. The maximum absolute atomic E-state index is 3.49. The van der Waals surface area contributed by atoms with E-state index in [1.54, 1.807) is 0 Å². The average molecular weight is 241 g/mol. The van der Waals surface area contributed by atoms with E-state index < -0.39 is 0 Å². The maximum atomic E-state index is 3.49. The van der Waals surface area contributed by atoms with Crippen LogP contribution in [0.3, 0.4) is 0 Å². The van der Waals surface area contributed by atoms with Gasteiger partial charge in [0.05, 0.1) is 0 Å². The molecule has 3 heteroatoms. The van der Waals surface area contributed by atoms with Crippen LogP contribution in [0.25, 0.3) is 0 Å². The van der Waals surface area contributed by atoms with Crippen LogP contribution in [0.5, 0.6) is 0 Å². The lowest BCUT2D eigenvalue weighted by Gasteiger charge is -2.35. The lowest BCUT2D eigenvalue weighted by molar-refractivity contribution is 0.151. The largest absolute Gasteiger partial charge is 0.314 e. The Kier molecular flexibility index (Phi) is 7.09. The zero-order valence-corrected chi connectivity index (χ0v) is 12.2. The number of hydrogen-bond donors (Lipinski definition) is 1. The highest BCUT2D eigenvalue weighted by atomic mass is 15.2. The first-order chi connectivity index (χ1) is 8.15. The van der Waals surface area contributed by atoms with E-state index >= 15 is 0 Å². The molecule has 0 aliphatic carbocycles. The Balaban J connectivity index is 2.12. The molecule has 0 aromatic carbocycles. The SMILES string of the molecule is CCC1CNCCN1CCCCN(C)C(C)C. The smallest absolute Gasteiger partial charge is 0.0218 e. The van der Waals surface area contributed by atoms with Crippen molar-refractivity contribution in [2.45, 2.75) is 52.1 Å². The molecule has 1 saturated heterocycles. The van der Waals surface area contributed by atoms with E-state index in [2.05, 4.69) is 42.9 Å². The van der Waals surface area contributed by atoms with Crippen molar-refractivity contribution < 1.29 is 0 Å². The summed E-state index contributed by atoms with van der Waals surface area (Å²) in [7, 11) is 2.23. The summed E-state index contributed by atoms with van der Waals surface area (Å²) in [6.07, 6.45) is 3.95. The van der Waals surface area contributed by atoms with Gasteiger partial charge in [0.15, 0.2) is 0 Å². The van der Waals surface area contributed by atoms with E-state index in [1.165, 1.54) is 52.0 Å². The van der Waals surface area contributed by atoms with Crippen molar-refractivity contribution in [3.8, 4) is 0 Å². The van der Waals surface area contributed by atoms with E-state index in [-0.39, 0.29) is 0 Å². The molecule has 1 atom stereocenters. The monoisotopic (exact) mass is 241 g/mol. The maximum Gasteiger partial charge on any atom is 0.0218 e. The first-order valence-electron chi connectivity index (χ1n) is 7.30. The summed E-state index contributed by atoms with van der Waals surface area (Å²) in [5, 5.41) is 3.49. The number of unbranched alkanes of at least 4 members (excludes halogenated alkanes) is 1. The highest BCUT2D eigenvalue weighted by molar-refractivity contribution is 4.78. The molecule has 0 saturated carbocycles. The molecule has 3 nitrogen and oxygen atoms in total. The Labute approximate surface area is 108 Å². The summed E-state index contributed by atoms with van der Waals surface area (Å²) in [6, 6.07) is 1.45. The molecule has 1 rings (SSSR count). The molecular weight excluding hydrogens is 210 g/mol. The van der Waals surface area contributed by atoms with Gasteiger partial charge in [-0.2, -0.15) is 0 Å². The van der Waals surface area contributed by atoms with Gasteiger partial charge in [-0.1, -0.05) is 6.92 Å². The molecule has 102 valence electrons. The summed E-state index contributed by atoms with van der Waals surface area (Å²) in [6.45, 7) is 12.9. The van der Waals surface area contributed by atoms with Crippen LogP contribution in [0.1, 0.15) is 40.0 Å². The number of nitrogens with one attached hydrogen (secondary N) is 1. The quantitative estimate of drug-likeness (QED) is 0.686. The molecule has 1 unspecified atom stereocenters. The Bertz CT molecular complexity index is 194. The zero-order chi connectivity index (χ0) is 12.7. The van der Waals surface area contributed by atoms with Crippen LogP contribution in [-0.2, 0) is 0 Å². The topological polar surface area (TPSA) is 18.5 Å². The second-order valence-electron chi connectivity index (χ2n) is 5.58. The molecule has 0 aromatic heterocycles. The van der Waals surface area contributed by atoms with Crippen molar-refractivity contribution in [1.82, 2.24) is 15.1 Å². The fourth-order valence-electron chi connectivity index (χ4n) is 2.43. The van der Waals surface area contributed by atoms with Crippen LogP contribution >= 0.6 is 0 Å². The van der Waals surface area contributed by atoms with Gasteiger partial charge in [0.1, 0.15) is 0 Å². The predicted octanol–water partition coefficient (Wildman–Crippen LogP) is 1.79. The third-order valence-corrected chi connectivity index (χ3v) is 4.03. The second kappa shape index (κ2) is 8.06. The van der Waals surface area contributed by atoms with Gasteiger partial charge in [0.25, 0.3) is 0 Å². The molecule has 0 amide bonds. The van der Waals surface area contributed by atoms with Gasteiger partial charge in [0, 0.05) is 31.7 Å². The number of nitrogens with zero attached hydrogens (tertiary/aromatic N) is 2. The summed E-state index contributed by atoms with van der Waals surface area (Å²) < 4.78 is 0. The third-order valence-electron chi connectivity index (χ3n) is 4.03. The van der Waals surface area contributed by atoms with Crippen LogP contribution < -0.4 is 5.32 Å². The lowest BCUT2D eigenvalue weighted by Crippen LogP contribution is -2.51. The summed E-state index contributed by atoms with van der Waals surface area (Å²) >= 11 is 0. The molecule has 0 radical (unpaired) electrons. The molecule has 1 aliphatic rings. The van der Waals surface area contributed by atoms with Gasteiger partial charge in [-0.05, 0) is 53.2 Å². The van der Waals surface area contributed by atoms with Crippen molar-refractivity contribution in [2.24, 2.45) is 0 Å². The van der Waals surface area contributed by atoms with Gasteiger partial charge in [0.2, 0.25) is 0 Å². The van der Waals surface area contributed by atoms with Crippen molar-refractivity contribution in [2.75, 3.05) is 39.8 Å². The fourth-order valence-corrected chi connectivity index (χ4v) is 2.43. The first-order valence-corrected chi connectivity index (χ1v) is 7.30. The Hall–Kier alpha value is -0.120. The minimum atomic E-state index is 0.678. The van der Waals surface area contributed by atoms with Crippen LogP contribution in [0, 0.1) is 0 Å². The molecule has 1 aliphatic heterocycles. The van der Waals surface area contributed by atoms with Crippen LogP contribution in [-0.4, -0.2) is 61.7 Å². The minimum absolute atomic E-state index is 0.678. The zero-order valence-electron chi connectivity index (χ0n) is 12.2. The summed E-state index contributed by atoms with van der Waals surface area (Å²) in [4.78, 5) is 5.11. The Morgan fingerprint density at radius 2 is 2.12 bits per heavy atom.